The number of ether oxygens (including phenoxy) is 1. The third kappa shape index (κ3) is 5.46. The van der Waals surface area contributed by atoms with Crippen LogP contribution in [-0.4, -0.2) is 63.8 Å². The van der Waals surface area contributed by atoms with E-state index >= 15 is 0 Å². The highest BCUT2D eigenvalue weighted by atomic mass is 32.2. The van der Waals surface area contributed by atoms with Crippen LogP contribution in [0.3, 0.4) is 0 Å². The maximum atomic E-state index is 13.5. The SMILES string of the molecule is CCOc1cccc2sc(N(CCCN(C)C)C(=O)c3cccc(S(=O)(=O)CC)c3)nc12. The number of carbonyl (C=O) groups excluding carboxylic acids is 1. The zero-order valence-corrected chi connectivity index (χ0v) is 20.5. The predicted molar refractivity (Wildman–Crippen MR) is 130 cm³/mol. The van der Waals surface area contributed by atoms with Crippen molar-refractivity contribution in [2.24, 2.45) is 0 Å². The van der Waals surface area contributed by atoms with Crippen molar-refractivity contribution >= 4 is 42.4 Å². The van der Waals surface area contributed by atoms with E-state index in [2.05, 4.69) is 4.90 Å². The second-order valence-corrected chi connectivity index (χ2v) is 10.9. The van der Waals surface area contributed by atoms with Gasteiger partial charge in [0, 0.05) is 12.1 Å². The molecule has 9 heteroatoms. The van der Waals surface area contributed by atoms with Gasteiger partial charge in [-0.3, -0.25) is 9.69 Å². The van der Waals surface area contributed by atoms with Crippen LogP contribution in [0.25, 0.3) is 10.2 Å². The van der Waals surface area contributed by atoms with Crippen molar-refractivity contribution in [3.63, 3.8) is 0 Å². The number of amides is 1. The summed E-state index contributed by atoms with van der Waals surface area (Å²) in [5.41, 5.74) is 1.05. The molecule has 0 aliphatic heterocycles. The number of fused-ring (bicyclic) bond motifs is 1. The number of carbonyl (C=O) groups is 1. The standard InChI is InChI=1S/C23H29N3O4S2/c1-5-30-19-12-8-13-20-21(19)24-23(31-20)26(15-9-14-25(3)4)22(27)17-10-7-11-18(16-17)32(28,29)6-2/h7-8,10-13,16H,5-6,9,14-15H2,1-4H3. The first kappa shape index (κ1) is 24.2. The summed E-state index contributed by atoms with van der Waals surface area (Å²) in [5, 5.41) is 0.569. The molecule has 0 saturated carbocycles. The molecule has 3 aromatic rings. The Morgan fingerprint density at radius 3 is 2.53 bits per heavy atom. The molecule has 0 bridgehead atoms. The van der Waals surface area contributed by atoms with Crippen molar-refractivity contribution < 1.29 is 17.9 Å². The molecule has 0 radical (unpaired) electrons. The monoisotopic (exact) mass is 475 g/mol. The van der Waals surface area contributed by atoms with Crippen LogP contribution in [0.5, 0.6) is 5.75 Å². The van der Waals surface area contributed by atoms with E-state index in [4.69, 9.17) is 9.72 Å². The van der Waals surface area contributed by atoms with Crippen molar-refractivity contribution in [3.8, 4) is 5.75 Å². The molecule has 0 aliphatic rings. The molecule has 2 aromatic carbocycles. The largest absolute Gasteiger partial charge is 0.492 e. The normalized spacial score (nSPS) is 11.8. The van der Waals surface area contributed by atoms with Crippen molar-refractivity contribution in [1.29, 1.82) is 0 Å². The summed E-state index contributed by atoms with van der Waals surface area (Å²) in [7, 11) is 0.555. The summed E-state index contributed by atoms with van der Waals surface area (Å²) in [6.45, 7) is 5.31. The molecule has 0 atom stereocenters. The third-order valence-corrected chi connectivity index (χ3v) is 7.73. The first-order valence-corrected chi connectivity index (χ1v) is 13.1. The van der Waals surface area contributed by atoms with E-state index in [1.165, 1.54) is 23.5 Å². The van der Waals surface area contributed by atoms with E-state index in [9.17, 15) is 13.2 Å². The lowest BCUT2D eigenvalue weighted by molar-refractivity contribution is 0.0986. The maximum absolute atomic E-state index is 13.5. The molecule has 32 heavy (non-hydrogen) atoms. The van der Waals surface area contributed by atoms with Crippen LogP contribution in [0.15, 0.2) is 47.4 Å². The first-order valence-electron chi connectivity index (χ1n) is 10.6. The number of rotatable bonds is 10. The Kier molecular flexibility index (Phi) is 7.86. The minimum atomic E-state index is -3.41. The number of para-hydroxylation sites is 1. The minimum Gasteiger partial charge on any atom is -0.492 e. The number of aromatic nitrogens is 1. The average Bonchev–Trinajstić information content (AvgIpc) is 3.21. The lowest BCUT2D eigenvalue weighted by Crippen LogP contribution is -2.33. The highest BCUT2D eigenvalue weighted by molar-refractivity contribution is 7.91. The van der Waals surface area contributed by atoms with Gasteiger partial charge in [-0.2, -0.15) is 0 Å². The van der Waals surface area contributed by atoms with Gasteiger partial charge in [-0.15, -0.1) is 0 Å². The smallest absolute Gasteiger partial charge is 0.260 e. The van der Waals surface area contributed by atoms with Crippen molar-refractivity contribution in [2.45, 2.75) is 25.2 Å². The summed E-state index contributed by atoms with van der Waals surface area (Å²) in [6.07, 6.45) is 0.750. The average molecular weight is 476 g/mol. The van der Waals surface area contributed by atoms with Crippen LogP contribution in [0.4, 0.5) is 5.13 Å². The molecule has 0 aliphatic carbocycles. The highest BCUT2D eigenvalue weighted by Gasteiger charge is 2.23. The minimum absolute atomic E-state index is 0.0186. The Bertz CT molecular complexity index is 1190. The quantitative estimate of drug-likeness (QED) is 0.439. The second kappa shape index (κ2) is 10.4. The Morgan fingerprint density at radius 2 is 1.84 bits per heavy atom. The predicted octanol–water partition coefficient (Wildman–Crippen LogP) is 4.09. The zero-order chi connectivity index (χ0) is 23.3. The summed E-state index contributed by atoms with van der Waals surface area (Å²) in [5.74, 6) is 0.396. The van der Waals surface area contributed by atoms with Crippen LogP contribution in [0, 0.1) is 0 Å². The van der Waals surface area contributed by atoms with Crippen molar-refractivity contribution in [1.82, 2.24) is 9.88 Å². The van der Waals surface area contributed by atoms with Gasteiger partial charge in [0.15, 0.2) is 15.0 Å². The van der Waals surface area contributed by atoms with Crippen LogP contribution < -0.4 is 9.64 Å². The number of benzene rings is 2. The van der Waals surface area contributed by atoms with Gasteiger partial charge in [-0.25, -0.2) is 13.4 Å². The highest BCUT2D eigenvalue weighted by Crippen LogP contribution is 2.35. The molecule has 1 aromatic heterocycles. The Balaban J connectivity index is 2.01. The third-order valence-electron chi connectivity index (χ3n) is 4.95. The molecule has 7 nitrogen and oxygen atoms in total. The molecule has 1 amide bonds. The number of nitrogens with zero attached hydrogens (tertiary/aromatic N) is 3. The van der Waals surface area contributed by atoms with Gasteiger partial charge >= 0.3 is 0 Å². The van der Waals surface area contributed by atoms with E-state index < -0.39 is 9.84 Å². The fourth-order valence-electron chi connectivity index (χ4n) is 3.27. The lowest BCUT2D eigenvalue weighted by Gasteiger charge is -2.21. The molecule has 1 heterocycles. The van der Waals surface area contributed by atoms with Crippen LogP contribution in [0.2, 0.25) is 0 Å². The summed E-state index contributed by atoms with van der Waals surface area (Å²) in [6, 6.07) is 12.0. The van der Waals surface area contributed by atoms with Gasteiger partial charge < -0.3 is 9.64 Å². The molecular weight excluding hydrogens is 446 g/mol. The van der Waals surface area contributed by atoms with Gasteiger partial charge in [0.05, 0.1) is 22.0 Å². The van der Waals surface area contributed by atoms with E-state index in [1.54, 1.807) is 24.0 Å². The van der Waals surface area contributed by atoms with E-state index in [1.807, 2.05) is 39.2 Å². The topological polar surface area (TPSA) is 79.8 Å². The number of anilines is 1. The van der Waals surface area contributed by atoms with Gasteiger partial charge in [0.1, 0.15) is 11.3 Å². The van der Waals surface area contributed by atoms with Crippen LogP contribution >= 0.6 is 11.3 Å². The molecule has 3 rings (SSSR count). The zero-order valence-electron chi connectivity index (χ0n) is 18.9. The van der Waals surface area contributed by atoms with Gasteiger partial charge in [-0.1, -0.05) is 30.4 Å². The lowest BCUT2D eigenvalue weighted by atomic mass is 10.2. The maximum Gasteiger partial charge on any atom is 0.260 e. The molecule has 0 spiro atoms. The summed E-state index contributed by atoms with van der Waals surface area (Å²) < 4.78 is 31.3. The van der Waals surface area contributed by atoms with Crippen molar-refractivity contribution in [3.05, 3.63) is 48.0 Å². The van der Waals surface area contributed by atoms with E-state index in [-0.39, 0.29) is 16.6 Å². The van der Waals surface area contributed by atoms with Gasteiger partial charge in [0.25, 0.3) is 5.91 Å². The Labute approximate surface area is 193 Å². The number of sulfone groups is 1. The molecule has 0 fully saturated rings. The summed E-state index contributed by atoms with van der Waals surface area (Å²) >= 11 is 1.42. The van der Waals surface area contributed by atoms with Crippen LogP contribution in [0.1, 0.15) is 30.6 Å². The van der Waals surface area contributed by atoms with Gasteiger partial charge in [0.2, 0.25) is 0 Å². The first-order chi connectivity index (χ1) is 15.3. The second-order valence-electron chi connectivity index (χ2n) is 7.58. The van der Waals surface area contributed by atoms with E-state index in [0.29, 0.717) is 29.6 Å². The molecule has 0 N–H and O–H groups in total. The fraction of sp³-hybridized carbons (Fsp3) is 0.391. The molecular formula is C23H29N3O4S2. The Morgan fingerprint density at radius 1 is 1.09 bits per heavy atom. The summed E-state index contributed by atoms with van der Waals surface area (Å²) in [4.78, 5) is 22.1. The number of hydrogen-bond donors (Lipinski definition) is 0. The van der Waals surface area contributed by atoms with Crippen LogP contribution in [-0.2, 0) is 9.84 Å². The molecule has 172 valence electrons. The van der Waals surface area contributed by atoms with Crippen molar-refractivity contribution in [2.75, 3.05) is 44.4 Å². The fourth-order valence-corrected chi connectivity index (χ4v) is 5.21. The van der Waals surface area contributed by atoms with Gasteiger partial charge in [-0.05, 0) is 64.3 Å². The Hall–Kier alpha value is -2.49. The molecule has 0 unspecified atom stereocenters. The molecule has 0 saturated heterocycles. The number of thiazole rings is 1. The number of hydrogen-bond acceptors (Lipinski definition) is 7. The van der Waals surface area contributed by atoms with E-state index in [0.717, 1.165) is 23.2 Å².